The number of amides is 1. The summed E-state index contributed by atoms with van der Waals surface area (Å²) < 4.78 is 0. The molecule has 3 rings (SSSR count). The number of piperazine rings is 1. The molecule has 2 aromatic carbocycles. The lowest BCUT2D eigenvalue weighted by Crippen LogP contribution is -2.48. The Bertz CT molecular complexity index is 768. The Labute approximate surface area is 172 Å². The van der Waals surface area contributed by atoms with E-state index >= 15 is 0 Å². The van der Waals surface area contributed by atoms with Gasteiger partial charge in [0.2, 0.25) is 0 Å². The molecular formula is C22H29ClN4O. The first-order valence-electron chi connectivity index (χ1n) is 9.67. The van der Waals surface area contributed by atoms with Gasteiger partial charge in [0.25, 0.3) is 5.91 Å². The fraction of sp³-hybridized carbons (Fsp3) is 0.409. The monoisotopic (exact) mass is 400 g/mol. The Balaban J connectivity index is 1.74. The van der Waals surface area contributed by atoms with E-state index in [0.29, 0.717) is 17.1 Å². The molecule has 0 spiro atoms. The highest BCUT2D eigenvalue weighted by Gasteiger charge is 2.24. The number of benzene rings is 2. The van der Waals surface area contributed by atoms with Crippen molar-refractivity contribution in [3.05, 3.63) is 64.7 Å². The number of rotatable bonds is 6. The summed E-state index contributed by atoms with van der Waals surface area (Å²) in [5.74, 6) is -0.0688. The predicted octanol–water partition coefficient (Wildman–Crippen LogP) is 3.12. The van der Waals surface area contributed by atoms with E-state index in [-0.39, 0.29) is 11.9 Å². The number of halogens is 1. The second-order valence-corrected chi connectivity index (χ2v) is 7.99. The second-order valence-electron chi connectivity index (χ2n) is 7.56. The molecule has 0 aromatic heterocycles. The van der Waals surface area contributed by atoms with Crippen molar-refractivity contribution in [2.75, 3.05) is 58.8 Å². The molecule has 0 unspecified atom stereocenters. The van der Waals surface area contributed by atoms with E-state index in [0.717, 1.165) is 26.2 Å². The van der Waals surface area contributed by atoms with Crippen molar-refractivity contribution in [3.8, 4) is 0 Å². The summed E-state index contributed by atoms with van der Waals surface area (Å²) in [6.45, 7) is 4.64. The molecule has 0 aliphatic carbocycles. The van der Waals surface area contributed by atoms with Crippen molar-refractivity contribution in [2.45, 2.75) is 6.04 Å². The number of carbonyl (C=O) groups is 1. The number of hydrogen-bond donors (Lipinski definition) is 1. The third kappa shape index (κ3) is 5.25. The summed E-state index contributed by atoms with van der Waals surface area (Å²) in [5.41, 5.74) is 3.03. The highest BCUT2D eigenvalue weighted by Crippen LogP contribution is 2.24. The molecule has 28 heavy (non-hydrogen) atoms. The second kappa shape index (κ2) is 9.41. The molecule has 150 valence electrons. The van der Waals surface area contributed by atoms with Gasteiger partial charge in [-0.25, -0.2) is 0 Å². The van der Waals surface area contributed by atoms with Crippen LogP contribution in [0.5, 0.6) is 0 Å². The summed E-state index contributed by atoms with van der Waals surface area (Å²) in [6.07, 6.45) is 0. The SMILES string of the molecule is CN1CCN([C@H](CNC(=O)c2ccc(Cl)cc2)c2ccc(N(C)C)cc2)CC1. The minimum Gasteiger partial charge on any atom is -0.378 e. The average Bonchev–Trinajstić information content (AvgIpc) is 2.70. The molecule has 0 radical (unpaired) electrons. The van der Waals surface area contributed by atoms with Crippen LogP contribution in [0.4, 0.5) is 5.69 Å². The Morgan fingerprint density at radius 2 is 1.64 bits per heavy atom. The third-order valence-corrected chi connectivity index (χ3v) is 5.59. The standard InChI is InChI=1S/C22H29ClN4O/c1-25(2)20-10-6-17(7-11-20)21(27-14-12-26(3)13-15-27)16-24-22(28)18-4-8-19(23)9-5-18/h4-11,21H,12-16H2,1-3H3,(H,24,28)/t21-/m1/s1. The first-order chi connectivity index (χ1) is 13.4. The van der Waals surface area contributed by atoms with Crippen LogP contribution in [0.2, 0.25) is 5.02 Å². The number of likely N-dealkylation sites (N-methyl/N-ethyl adjacent to an activating group) is 1. The minimum atomic E-state index is -0.0688. The van der Waals surface area contributed by atoms with Gasteiger partial charge in [-0.2, -0.15) is 0 Å². The fourth-order valence-corrected chi connectivity index (χ4v) is 3.60. The molecule has 1 heterocycles. The van der Waals surface area contributed by atoms with E-state index in [9.17, 15) is 4.79 Å². The lowest BCUT2D eigenvalue weighted by Gasteiger charge is -2.38. The first-order valence-corrected chi connectivity index (χ1v) is 10.1. The largest absolute Gasteiger partial charge is 0.378 e. The van der Waals surface area contributed by atoms with Crippen molar-refractivity contribution >= 4 is 23.2 Å². The van der Waals surface area contributed by atoms with E-state index in [1.165, 1.54) is 11.3 Å². The summed E-state index contributed by atoms with van der Waals surface area (Å²) in [4.78, 5) is 19.5. The van der Waals surface area contributed by atoms with Crippen LogP contribution in [-0.2, 0) is 0 Å². The molecule has 5 nitrogen and oxygen atoms in total. The zero-order valence-corrected chi connectivity index (χ0v) is 17.6. The van der Waals surface area contributed by atoms with Gasteiger partial charge in [-0.3, -0.25) is 9.69 Å². The normalized spacial score (nSPS) is 16.6. The highest BCUT2D eigenvalue weighted by molar-refractivity contribution is 6.30. The van der Waals surface area contributed by atoms with Gasteiger partial charge in [0, 0.05) is 63.1 Å². The molecule has 1 amide bonds. The molecule has 1 fully saturated rings. The zero-order chi connectivity index (χ0) is 20.1. The predicted molar refractivity (Wildman–Crippen MR) is 116 cm³/mol. The van der Waals surface area contributed by atoms with Crippen LogP contribution in [0.15, 0.2) is 48.5 Å². The van der Waals surface area contributed by atoms with Crippen molar-refractivity contribution in [1.29, 1.82) is 0 Å². The first kappa shape index (κ1) is 20.6. The van der Waals surface area contributed by atoms with Crippen LogP contribution in [0.1, 0.15) is 22.0 Å². The molecule has 1 N–H and O–H groups in total. The van der Waals surface area contributed by atoms with Gasteiger partial charge in [0.15, 0.2) is 0 Å². The van der Waals surface area contributed by atoms with Crippen LogP contribution in [-0.4, -0.2) is 69.6 Å². The molecule has 1 atom stereocenters. The van der Waals surface area contributed by atoms with Crippen LogP contribution in [0.25, 0.3) is 0 Å². The van der Waals surface area contributed by atoms with Gasteiger partial charge >= 0.3 is 0 Å². The summed E-state index contributed by atoms with van der Waals surface area (Å²) in [5, 5.41) is 3.75. The van der Waals surface area contributed by atoms with Crippen molar-refractivity contribution in [2.24, 2.45) is 0 Å². The molecule has 0 bridgehead atoms. The molecule has 6 heteroatoms. The summed E-state index contributed by atoms with van der Waals surface area (Å²) in [7, 11) is 6.24. The molecule has 2 aromatic rings. The smallest absolute Gasteiger partial charge is 0.251 e. The topological polar surface area (TPSA) is 38.8 Å². The van der Waals surface area contributed by atoms with Gasteiger partial charge in [0.1, 0.15) is 0 Å². The van der Waals surface area contributed by atoms with Gasteiger partial charge < -0.3 is 15.1 Å². The van der Waals surface area contributed by atoms with E-state index in [1.807, 2.05) is 14.1 Å². The third-order valence-electron chi connectivity index (χ3n) is 5.34. The van der Waals surface area contributed by atoms with Gasteiger partial charge in [-0.15, -0.1) is 0 Å². The number of carbonyl (C=O) groups excluding carboxylic acids is 1. The molecule has 1 aliphatic heterocycles. The zero-order valence-electron chi connectivity index (χ0n) is 16.9. The summed E-state index contributed by atoms with van der Waals surface area (Å²) in [6, 6.07) is 15.8. The van der Waals surface area contributed by atoms with E-state index < -0.39 is 0 Å². The minimum absolute atomic E-state index is 0.0688. The number of nitrogens with zero attached hydrogens (tertiary/aromatic N) is 3. The average molecular weight is 401 g/mol. The molecular weight excluding hydrogens is 372 g/mol. The number of hydrogen-bond acceptors (Lipinski definition) is 4. The van der Waals surface area contributed by atoms with Gasteiger partial charge in [0.05, 0.1) is 6.04 Å². The van der Waals surface area contributed by atoms with Crippen LogP contribution in [0, 0.1) is 0 Å². The Morgan fingerprint density at radius 3 is 2.21 bits per heavy atom. The highest BCUT2D eigenvalue weighted by atomic mass is 35.5. The van der Waals surface area contributed by atoms with E-state index in [1.54, 1.807) is 24.3 Å². The lowest BCUT2D eigenvalue weighted by molar-refractivity contribution is 0.0886. The maximum absolute atomic E-state index is 12.6. The van der Waals surface area contributed by atoms with Crippen molar-refractivity contribution in [1.82, 2.24) is 15.1 Å². The van der Waals surface area contributed by atoms with Gasteiger partial charge in [-0.1, -0.05) is 23.7 Å². The maximum Gasteiger partial charge on any atom is 0.251 e. The molecule has 1 aliphatic rings. The lowest BCUT2D eigenvalue weighted by atomic mass is 10.0. The molecule has 0 saturated carbocycles. The van der Waals surface area contributed by atoms with E-state index in [4.69, 9.17) is 11.6 Å². The van der Waals surface area contributed by atoms with Crippen LogP contribution >= 0.6 is 11.6 Å². The van der Waals surface area contributed by atoms with Crippen LogP contribution < -0.4 is 10.2 Å². The Kier molecular flexibility index (Phi) is 6.94. The van der Waals surface area contributed by atoms with Crippen molar-refractivity contribution < 1.29 is 4.79 Å². The van der Waals surface area contributed by atoms with Crippen molar-refractivity contribution in [3.63, 3.8) is 0 Å². The quantitative estimate of drug-likeness (QED) is 0.808. The number of anilines is 1. The van der Waals surface area contributed by atoms with E-state index in [2.05, 4.69) is 51.3 Å². The van der Waals surface area contributed by atoms with Crippen LogP contribution in [0.3, 0.4) is 0 Å². The number of nitrogens with one attached hydrogen (secondary N) is 1. The Hall–Kier alpha value is -2.08. The van der Waals surface area contributed by atoms with Gasteiger partial charge in [-0.05, 0) is 49.0 Å². The summed E-state index contributed by atoms with van der Waals surface area (Å²) >= 11 is 5.93. The maximum atomic E-state index is 12.6. The molecule has 1 saturated heterocycles. The Morgan fingerprint density at radius 1 is 1.04 bits per heavy atom. The fourth-order valence-electron chi connectivity index (χ4n) is 3.48.